The third-order valence-electron chi connectivity index (χ3n) is 3.30. The fourth-order valence-electron chi connectivity index (χ4n) is 2.05. The summed E-state index contributed by atoms with van der Waals surface area (Å²) in [7, 11) is 7.54. The molecule has 0 radical (unpaired) electrons. The highest BCUT2D eigenvalue weighted by molar-refractivity contribution is 9.10. The molecule has 0 spiro atoms. The molecule has 0 aromatic carbocycles. The molecule has 2 aromatic rings. The molecule has 1 unspecified atom stereocenters. The maximum absolute atomic E-state index is 11.8. The molecule has 7 nitrogen and oxygen atoms in total. The van der Waals surface area contributed by atoms with Gasteiger partial charge >= 0.3 is 0 Å². The molecule has 0 saturated carbocycles. The van der Waals surface area contributed by atoms with Crippen LogP contribution in [-0.2, 0) is 14.1 Å². The van der Waals surface area contributed by atoms with Crippen LogP contribution in [0.15, 0.2) is 27.9 Å². The molecule has 0 aliphatic rings. The fraction of sp³-hybridized carbons (Fsp3) is 0.462. The lowest BCUT2D eigenvalue weighted by molar-refractivity contribution is 0.311. The van der Waals surface area contributed by atoms with Crippen molar-refractivity contribution in [2.75, 3.05) is 26.0 Å². The van der Waals surface area contributed by atoms with E-state index in [-0.39, 0.29) is 11.6 Å². The number of anilines is 1. The number of hydrogen-bond donors (Lipinski definition) is 1. The summed E-state index contributed by atoms with van der Waals surface area (Å²) in [5, 5.41) is 11.5. The first-order valence-electron chi connectivity index (χ1n) is 6.50. The number of likely N-dealkylation sites (N-methyl/N-ethyl adjacent to an activating group) is 1. The number of halogens is 1. The zero-order valence-corrected chi connectivity index (χ0v) is 14.1. The van der Waals surface area contributed by atoms with Gasteiger partial charge in [-0.15, -0.1) is 0 Å². The van der Waals surface area contributed by atoms with Gasteiger partial charge in [0.05, 0.1) is 24.1 Å². The second kappa shape index (κ2) is 6.40. The van der Waals surface area contributed by atoms with Crippen LogP contribution in [0, 0.1) is 0 Å². The second-order valence-electron chi connectivity index (χ2n) is 5.11. The van der Waals surface area contributed by atoms with Crippen LogP contribution in [0.4, 0.5) is 5.69 Å². The van der Waals surface area contributed by atoms with Gasteiger partial charge in [-0.2, -0.15) is 10.2 Å². The number of aromatic nitrogens is 4. The van der Waals surface area contributed by atoms with Crippen LogP contribution in [0.25, 0.3) is 0 Å². The minimum absolute atomic E-state index is 0.148. The summed E-state index contributed by atoms with van der Waals surface area (Å²) in [6, 6.07) is 0.148. The lowest BCUT2D eigenvalue weighted by Crippen LogP contribution is -2.28. The van der Waals surface area contributed by atoms with Crippen molar-refractivity contribution < 1.29 is 0 Å². The molecular weight excluding hydrogens is 336 g/mol. The van der Waals surface area contributed by atoms with E-state index in [0.717, 1.165) is 5.56 Å². The average Bonchev–Trinajstić information content (AvgIpc) is 2.85. The van der Waals surface area contributed by atoms with Crippen LogP contribution >= 0.6 is 15.9 Å². The summed E-state index contributed by atoms with van der Waals surface area (Å²) in [6.45, 7) is 0.645. The Bertz CT molecular complexity index is 678. The predicted octanol–water partition coefficient (Wildman–Crippen LogP) is 0.991. The van der Waals surface area contributed by atoms with Crippen molar-refractivity contribution in [3.8, 4) is 0 Å². The Morgan fingerprint density at radius 2 is 2.05 bits per heavy atom. The van der Waals surface area contributed by atoms with Crippen LogP contribution < -0.4 is 10.9 Å². The molecule has 0 amide bonds. The summed E-state index contributed by atoms with van der Waals surface area (Å²) in [6.07, 6.45) is 5.48. The standard InChI is InChI=1S/C13H19BrN6O/c1-18(2)11(9-5-16-19(3)8-9)7-15-10-6-17-20(4)13(21)12(10)14/h5-6,8,11,15H,7H2,1-4H3. The van der Waals surface area contributed by atoms with Crippen molar-refractivity contribution in [1.29, 1.82) is 0 Å². The Kier molecular flexibility index (Phi) is 4.79. The van der Waals surface area contributed by atoms with E-state index in [2.05, 4.69) is 36.3 Å². The maximum Gasteiger partial charge on any atom is 0.282 e. The first-order chi connectivity index (χ1) is 9.90. The van der Waals surface area contributed by atoms with Gasteiger partial charge in [0.2, 0.25) is 0 Å². The molecule has 0 aliphatic carbocycles. The van der Waals surface area contributed by atoms with E-state index in [0.29, 0.717) is 16.7 Å². The van der Waals surface area contributed by atoms with Crippen molar-refractivity contribution in [1.82, 2.24) is 24.5 Å². The average molecular weight is 355 g/mol. The number of nitrogens with one attached hydrogen (secondary N) is 1. The third-order valence-corrected chi connectivity index (χ3v) is 4.06. The Morgan fingerprint density at radius 1 is 1.33 bits per heavy atom. The van der Waals surface area contributed by atoms with Gasteiger partial charge < -0.3 is 10.2 Å². The zero-order valence-electron chi connectivity index (χ0n) is 12.5. The van der Waals surface area contributed by atoms with Crippen LogP contribution in [0.3, 0.4) is 0 Å². The molecule has 1 N–H and O–H groups in total. The van der Waals surface area contributed by atoms with Crippen LogP contribution in [0.1, 0.15) is 11.6 Å². The normalized spacial score (nSPS) is 12.7. The van der Waals surface area contributed by atoms with Gasteiger partial charge in [-0.25, -0.2) is 4.68 Å². The number of hydrogen-bond acceptors (Lipinski definition) is 5. The smallest absolute Gasteiger partial charge is 0.282 e. The summed E-state index contributed by atoms with van der Waals surface area (Å²) >= 11 is 3.31. The van der Waals surface area contributed by atoms with Gasteiger partial charge in [-0.05, 0) is 30.0 Å². The molecular formula is C13H19BrN6O. The molecule has 0 fully saturated rings. The first kappa shape index (κ1) is 15.7. The van der Waals surface area contributed by atoms with E-state index >= 15 is 0 Å². The molecule has 1 atom stereocenters. The number of aryl methyl sites for hydroxylation is 2. The molecule has 2 heterocycles. The fourth-order valence-corrected chi connectivity index (χ4v) is 2.55. The largest absolute Gasteiger partial charge is 0.381 e. The van der Waals surface area contributed by atoms with Crippen molar-refractivity contribution >= 4 is 21.6 Å². The third kappa shape index (κ3) is 3.51. The highest BCUT2D eigenvalue weighted by Crippen LogP contribution is 2.21. The molecule has 2 aromatic heterocycles. The van der Waals surface area contributed by atoms with Crippen molar-refractivity contribution in [2.24, 2.45) is 14.1 Å². The topological polar surface area (TPSA) is 68.0 Å². The van der Waals surface area contributed by atoms with Crippen molar-refractivity contribution in [2.45, 2.75) is 6.04 Å². The van der Waals surface area contributed by atoms with Crippen molar-refractivity contribution in [3.63, 3.8) is 0 Å². The lowest BCUT2D eigenvalue weighted by Gasteiger charge is -2.24. The van der Waals surface area contributed by atoms with Gasteiger partial charge in [-0.3, -0.25) is 9.48 Å². The predicted molar refractivity (Wildman–Crippen MR) is 85.3 cm³/mol. The molecule has 0 aliphatic heterocycles. The number of nitrogens with zero attached hydrogens (tertiary/aromatic N) is 5. The SMILES string of the molecule is CN(C)C(CNc1cnn(C)c(=O)c1Br)c1cnn(C)c1. The highest BCUT2D eigenvalue weighted by Gasteiger charge is 2.16. The Balaban J connectivity index is 2.17. The Hall–Kier alpha value is -1.67. The van der Waals surface area contributed by atoms with Gasteiger partial charge in [0.25, 0.3) is 5.56 Å². The van der Waals surface area contributed by atoms with Gasteiger partial charge in [0.15, 0.2) is 0 Å². The second-order valence-corrected chi connectivity index (χ2v) is 5.90. The summed E-state index contributed by atoms with van der Waals surface area (Å²) in [4.78, 5) is 13.9. The quantitative estimate of drug-likeness (QED) is 0.867. The van der Waals surface area contributed by atoms with Crippen LogP contribution in [0.2, 0.25) is 0 Å². The maximum atomic E-state index is 11.8. The summed E-state index contributed by atoms with van der Waals surface area (Å²) in [5.41, 5.74) is 1.64. The van der Waals surface area contributed by atoms with E-state index in [9.17, 15) is 4.79 Å². The molecule has 0 bridgehead atoms. The van der Waals surface area contributed by atoms with E-state index < -0.39 is 0 Å². The summed E-state index contributed by atoms with van der Waals surface area (Å²) in [5.74, 6) is 0. The first-order valence-corrected chi connectivity index (χ1v) is 7.30. The van der Waals surface area contributed by atoms with E-state index in [1.807, 2.05) is 33.5 Å². The molecule has 8 heteroatoms. The van der Waals surface area contributed by atoms with Crippen molar-refractivity contribution in [3.05, 3.63) is 39.0 Å². The van der Waals surface area contributed by atoms with Gasteiger partial charge in [0.1, 0.15) is 4.47 Å². The minimum atomic E-state index is -0.164. The van der Waals surface area contributed by atoms with E-state index in [4.69, 9.17) is 0 Å². The molecule has 114 valence electrons. The Labute approximate surface area is 131 Å². The van der Waals surface area contributed by atoms with E-state index in [1.165, 1.54) is 4.68 Å². The Morgan fingerprint density at radius 3 is 2.62 bits per heavy atom. The molecule has 0 saturated heterocycles. The van der Waals surface area contributed by atoms with Crippen LogP contribution in [0.5, 0.6) is 0 Å². The molecule has 21 heavy (non-hydrogen) atoms. The zero-order chi connectivity index (χ0) is 15.6. The minimum Gasteiger partial charge on any atom is -0.381 e. The van der Waals surface area contributed by atoms with E-state index in [1.54, 1.807) is 17.9 Å². The van der Waals surface area contributed by atoms with Gasteiger partial charge in [0, 0.05) is 32.4 Å². The number of rotatable bonds is 5. The highest BCUT2D eigenvalue weighted by atomic mass is 79.9. The van der Waals surface area contributed by atoms with Gasteiger partial charge in [-0.1, -0.05) is 0 Å². The summed E-state index contributed by atoms with van der Waals surface area (Å²) < 4.78 is 3.56. The lowest BCUT2D eigenvalue weighted by atomic mass is 10.1. The monoisotopic (exact) mass is 354 g/mol. The van der Waals surface area contributed by atoms with Crippen LogP contribution in [-0.4, -0.2) is 45.1 Å². The molecule has 2 rings (SSSR count).